The fraction of sp³-hybridized carbons (Fsp3) is 0.105. The van der Waals surface area contributed by atoms with Gasteiger partial charge in [0.2, 0.25) is 0 Å². The number of benzene rings is 1. The Bertz CT molecular complexity index is 1080. The number of pyridine rings is 1. The third kappa shape index (κ3) is 3.75. The molecule has 0 fully saturated rings. The Kier molecular flexibility index (Phi) is 4.71. The van der Waals surface area contributed by atoms with Crippen LogP contribution in [0.2, 0.25) is 0 Å². The summed E-state index contributed by atoms with van der Waals surface area (Å²) in [4.78, 5) is 24.5. The molecule has 0 spiro atoms. The van der Waals surface area contributed by atoms with E-state index in [9.17, 15) is 10.1 Å². The number of nitro groups is 1. The van der Waals surface area contributed by atoms with Gasteiger partial charge in [0.1, 0.15) is 10.6 Å². The van der Waals surface area contributed by atoms with E-state index in [2.05, 4.69) is 32.4 Å². The van der Waals surface area contributed by atoms with Crippen LogP contribution in [0.4, 0.5) is 10.8 Å². The van der Waals surface area contributed by atoms with Gasteiger partial charge in [0, 0.05) is 30.6 Å². The third-order valence-corrected chi connectivity index (χ3v) is 5.03. The van der Waals surface area contributed by atoms with E-state index < -0.39 is 4.92 Å². The van der Waals surface area contributed by atoms with Crippen molar-refractivity contribution in [3.8, 4) is 11.4 Å². The van der Waals surface area contributed by atoms with E-state index in [1.165, 1.54) is 11.6 Å². The lowest BCUT2D eigenvalue weighted by atomic mass is 10.1. The first-order valence-electron chi connectivity index (χ1n) is 8.35. The average molecular weight is 377 g/mol. The number of nitrogens with zero attached hydrogens (tertiary/aromatic N) is 4. The number of hydrogen-bond acceptors (Lipinski definition) is 7. The molecule has 134 valence electrons. The molecule has 3 heterocycles. The fourth-order valence-electron chi connectivity index (χ4n) is 2.73. The monoisotopic (exact) mass is 377 g/mol. The zero-order valence-electron chi connectivity index (χ0n) is 14.2. The van der Waals surface area contributed by atoms with Gasteiger partial charge in [0.25, 0.3) is 0 Å². The molecule has 4 rings (SSSR count). The van der Waals surface area contributed by atoms with Gasteiger partial charge in [-0.1, -0.05) is 30.3 Å². The van der Waals surface area contributed by atoms with E-state index in [0.29, 0.717) is 28.4 Å². The molecule has 27 heavy (non-hydrogen) atoms. The van der Waals surface area contributed by atoms with Crippen LogP contribution in [0.5, 0.6) is 0 Å². The van der Waals surface area contributed by atoms with Crippen molar-refractivity contribution in [3.05, 3.63) is 76.6 Å². The highest BCUT2D eigenvalue weighted by molar-refractivity contribution is 7.21. The zero-order valence-corrected chi connectivity index (χ0v) is 15.0. The minimum atomic E-state index is -0.397. The van der Waals surface area contributed by atoms with Gasteiger partial charge in [0.05, 0.1) is 10.3 Å². The normalized spacial score (nSPS) is 10.8. The average Bonchev–Trinajstić information content (AvgIpc) is 3.14. The summed E-state index contributed by atoms with van der Waals surface area (Å²) in [5, 5.41) is 15.2. The van der Waals surface area contributed by atoms with Gasteiger partial charge in [0.15, 0.2) is 5.82 Å². The van der Waals surface area contributed by atoms with E-state index in [1.807, 2.05) is 30.3 Å². The number of rotatable bonds is 6. The fourth-order valence-corrected chi connectivity index (χ4v) is 3.58. The second kappa shape index (κ2) is 7.46. The number of hydrogen-bond donors (Lipinski definition) is 1. The predicted octanol–water partition coefficient (Wildman–Crippen LogP) is 4.32. The number of aromatic nitrogens is 3. The third-order valence-electron chi connectivity index (χ3n) is 4.05. The first-order valence-corrected chi connectivity index (χ1v) is 9.16. The summed E-state index contributed by atoms with van der Waals surface area (Å²) in [7, 11) is 0. The molecule has 7 nitrogen and oxygen atoms in total. The van der Waals surface area contributed by atoms with Crippen LogP contribution in [-0.4, -0.2) is 26.4 Å². The Morgan fingerprint density at radius 1 is 1.07 bits per heavy atom. The van der Waals surface area contributed by atoms with Crippen molar-refractivity contribution in [3.63, 3.8) is 0 Å². The van der Waals surface area contributed by atoms with Gasteiger partial charge in [-0.25, -0.2) is 9.97 Å². The van der Waals surface area contributed by atoms with Crippen LogP contribution in [0.3, 0.4) is 0 Å². The molecule has 0 amide bonds. The minimum Gasteiger partial charge on any atom is -0.369 e. The Morgan fingerprint density at radius 3 is 2.59 bits per heavy atom. The second-order valence-corrected chi connectivity index (χ2v) is 6.86. The summed E-state index contributed by atoms with van der Waals surface area (Å²) in [6.07, 6.45) is 4.16. The molecular formula is C19H15N5O2S. The number of fused-ring (bicyclic) bond motifs is 1. The van der Waals surface area contributed by atoms with Crippen LogP contribution in [0.25, 0.3) is 21.6 Å². The van der Waals surface area contributed by atoms with Gasteiger partial charge in [-0.2, -0.15) is 0 Å². The lowest BCUT2D eigenvalue weighted by molar-refractivity contribution is -0.380. The minimum absolute atomic E-state index is 0.0530. The molecule has 0 aliphatic rings. The van der Waals surface area contributed by atoms with Crippen molar-refractivity contribution in [2.24, 2.45) is 0 Å². The van der Waals surface area contributed by atoms with Crippen LogP contribution >= 0.6 is 11.3 Å². The molecule has 0 radical (unpaired) electrons. The Morgan fingerprint density at radius 2 is 1.85 bits per heavy atom. The van der Waals surface area contributed by atoms with Crippen LogP contribution in [-0.2, 0) is 6.42 Å². The van der Waals surface area contributed by atoms with E-state index >= 15 is 0 Å². The van der Waals surface area contributed by atoms with Gasteiger partial charge >= 0.3 is 5.00 Å². The molecule has 0 atom stereocenters. The Hall–Kier alpha value is -3.39. The van der Waals surface area contributed by atoms with Crippen molar-refractivity contribution >= 4 is 32.4 Å². The quantitative estimate of drug-likeness (QED) is 0.397. The van der Waals surface area contributed by atoms with Crippen LogP contribution in [0.1, 0.15) is 5.56 Å². The van der Waals surface area contributed by atoms with Crippen molar-refractivity contribution in [2.75, 3.05) is 11.9 Å². The van der Waals surface area contributed by atoms with Crippen LogP contribution < -0.4 is 5.32 Å². The summed E-state index contributed by atoms with van der Waals surface area (Å²) >= 11 is 1.05. The molecule has 0 saturated heterocycles. The maximum absolute atomic E-state index is 11.2. The van der Waals surface area contributed by atoms with Crippen molar-refractivity contribution in [1.82, 2.24) is 15.0 Å². The van der Waals surface area contributed by atoms with Crippen LogP contribution in [0, 0.1) is 10.1 Å². The van der Waals surface area contributed by atoms with E-state index in [-0.39, 0.29) is 5.00 Å². The smallest absolute Gasteiger partial charge is 0.326 e. The molecule has 0 bridgehead atoms. The highest BCUT2D eigenvalue weighted by atomic mass is 32.1. The van der Waals surface area contributed by atoms with Gasteiger partial charge in [-0.3, -0.25) is 15.1 Å². The molecule has 0 saturated carbocycles. The molecule has 3 aromatic heterocycles. The molecule has 4 aromatic rings. The molecule has 0 unspecified atom stereocenters. The second-order valence-electron chi connectivity index (χ2n) is 5.85. The summed E-state index contributed by atoms with van der Waals surface area (Å²) in [6, 6.07) is 15.3. The topological polar surface area (TPSA) is 93.8 Å². The Balaban J connectivity index is 1.69. The van der Waals surface area contributed by atoms with E-state index in [1.54, 1.807) is 12.4 Å². The summed E-state index contributed by atoms with van der Waals surface area (Å²) < 4.78 is 0. The van der Waals surface area contributed by atoms with Crippen molar-refractivity contribution < 1.29 is 4.92 Å². The molecule has 0 aliphatic carbocycles. The lowest BCUT2D eigenvalue weighted by Crippen LogP contribution is -2.07. The lowest BCUT2D eigenvalue weighted by Gasteiger charge is -2.09. The van der Waals surface area contributed by atoms with E-state index in [4.69, 9.17) is 0 Å². The maximum Gasteiger partial charge on any atom is 0.326 e. The van der Waals surface area contributed by atoms with E-state index in [0.717, 1.165) is 23.3 Å². The number of anilines is 1. The summed E-state index contributed by atoms with van der Waals surface area (Å²) in [5.74, 6) is 1.12. The van der Waals surface area contributed by atoms with Gasteiger partial charge < -0.3 is 5.32 Å². The highest BCUT2D eigenvalue weighted by Crippen LogP contribution is 2.35. The Labute approximate surface area is 158 Å². The number of thiophene rings is 1. The predicted molar refractivity (Wildman–Crippen MR) is 106 cm³/mol. The van der Waals surface area contributed by atoms with Crippen LogP contribution in [0.15, 0.2) is 60.9 Å². The first-order chi connectivity index (χ1) is 13.2. The first kappa shape index (κ1) is 17.0. The molecule has 8 heteroatoms. The van der Waals surface area contributed by atoms with Gasteiger partial charge in [-0.05, 0) is 35.5 Å². The SMILES string of the molecule is O=[N+]([O-])c1cc2c(NCCc3ccccc3)nc(-c3ccncc3)nc2s1. The van der Waals surface area contributed by atoms with Crippen molar-refractivity contribution in [2.45, 2.75) is 6.42 Å². The molecular weight excluding hydrogens is 362 g/mol. The van der Waals surface area contributed by atoms with Gasteiger partial charge in [-0.15, -0.1) is 0 Å². The summed E-state index contributed by atoms with van der Waals surface area (Å²) in [5.41, 5.74) is 2.02. The largest absolute Gasteiger partial charge is 0.369 e. The van der Waals surface area contributed by atoms with Crippen molar-refractivity contribution in [1.29, 1.82) is 0 Å². The standard InChI is InChI=1S/C19H15N5O2S/c25-24(26)16-12-15-18(21-11-6-13-4-2-1-3-5-13)22-17(23-19(15)27-16)14-7-9-20-10-8-14/h1-5,7-10,12H,6,11H2,(H,21,22,23). The molecule has 1 aromatic carbocycles. The highest BCUT2D eigenvalue weighted by Gasteiger charge is 2.18. The zero-order chi connectivity index (χ0) is 18.6. The molecule has 1 N–H and O–H groups in total. The summed E-state index contributed by atoms with van der Waals surface area (Å²) in [6.45, 7) is 0.662. The molecule has 0 aliphatic heterocycles. The number of nitrogens with one attached hydrogen (secondary N) is 1. The maximum atomic E-state index is 11.2.